The van der Waals surface area contributed by atoms with Gasteiger partial charge < -0.3 is 5.32 Å². The molecule has 0 spiro atoms. The summed E-state index contributed by atoms with van der Waals surface area (Å²) < 4.78 is 26.5. The van der Waals surface area contributed by atoms with Gasteiger partial charge in [0.1, 0.15) is 0 Å². The minimum atomic E-state index is -3.37. The second kappa shape index (κ2) is 8.48. The highest BCUT2D eigenvalue weighted by molar-refractivity contribution is 7.89. The average molecular weight is 293 g/mol. The predicted molar refractivity (Wildman–Crippen MR) is 76.8 cm³/mol. The van der Waals surface area contributed by atoms with E-state index in [2.05, 4.69) is 17.0 Å². The molecule has 2 N–H and O–H groups in total. The Kier molecular flexibility index (Phi) is 8.18. The number of hydrogen-bond acceptors (Lipinski definition) is 3. The van der Waals surface area contributed by atoms with E-state index in [0.717, 1.165) is 18.5 Å². The summed E-state index contributed by atoms with van der Waals surface area (Å²) in [5.41, 5.74) is 0.765. The summed E-state index contributed by atoms with van der Waals surface area (Å²) in [6, 6.07) is 6.98. The molecule has 0 atom stereocenters. The van der Waals surface area contributed by atoms with Crippen LogP contribution in [0.3, 0.4) is 0 Å². The largest absolute Gasteiger partial charge is 0.315 e. The first-order valence-corrected chi connectivity index (χ1v) is 7.32. The molecule has 18 heavy (non-hydrogen) atoms. The van der Waals surface area contributed by atoms with Crippen LogP contribution in [0.1, 0.15) is 18.9 Å². The van der Waals surface area contributed by atoms with E-state index >= 15 is 0 Å². The van der Waals surface area contributed by atoms with Crippen LogP contribution in [0.15, 0.2) is 29.2 Å². The third-order valence-corrected chi connectivity index (χ3v) is 4.02. The van der Waals surface area contributed by atoms with Crippen molar-refractivity contribution in [1.82, 2.24) is 10.0 Å². The average Bonchev–Trinajstić information content (AvgIpc) is 2.29. The van der Waals surface area contributed by atoms with Gasteiger partial charge in [-0.05, 0) is 31.5 Å². The molecular formula is C12H21ClN2O2S. The zero-order valence-corrected chi connectivity index (χ0v) is 12.4. The van der Waals surface area contributed by atoms with Crippen LogP contribution in [0.4, 0.5) is 0 Å². The maximum atomic E-state index is 11.9. The second-order valence-corrected chi connectivity index (χ2v) is 5.65. The molecule has 0 saturated carbocycles. The molecular weight excluding hydrogens is 272 g/mol. The van der Waals surface area contributed by atoms with Crippen molar-refractivity contribution in [1.29, 1.82) is 0 Å². The van der Waals surface area contributed by atoms with Crippen molar-refractivity contribution in [2.75, 3.05) is 19.6 Å². The number of sulfonamides is 1. The van der Waals surface area contributed by atoms with E-state index in [-0.39, 0.29) is 12.4 Å². The molecule has 0 radical (unpaired) electrons. The lowest BCUT2D eigenvalue weighted by Gasteiger charge is -2.09. The van der Waals surface area contributed by atoms with Gasteiger partial charge in [-0.15, -0.1) is 12.4 Å². The third kappa shape index (κ3) is 5.35. The van der Waals surface area contributed by atoms with Gasteiger partial charge in [-0.3, -0.25) is 0 Å². The number of hydrogen-bond donors (Lipinski definition) is 2. The fraction of sp³-hybridized carbons (Fsp3) is 0.500. The molecule has 0 amide bonds. The zero-order chi connectivity index (χ0) is 12.7. The van der Waals surface area contributed by atoms with Gasteiger partial charge in [-0.2, -0.15) is 0 Å². The molecule has 4 nitrogen and oxygen atoms in total. The van der Waals surface area contributed by atoms with Crippen LogP contribution >= 0.6 is 12.4 Å². The Hall–Kier alpha value is -0.620. The summed E-state index contributed by atoms with van der Waals surface area (Å²) in [6.45, 7) is 5.84. The third-order valence-electron chi connectivity index (χ3n) is 2.40. The first kappa shape index (κ1) is 17.4. The summed E-state index contributed by atoms with van der Waals surface area (Å²) in [5.74, 6) is 0. The minimum Gasteiger partial charge on any atom is -0.315 e. The summed E-state index contributed by atoms with van der Waals surface area (Å²) in [7, 11) is -3.37. The lowest BCUT2D eigenvalue weighted by atomic mass is 10.2. The number of benzene rings is 1. The van der Waals surface area contributed by atoms with Gasteiger partial charge >= 0.3 is 0 Å². The summed E-state index contributed by atoms with van der Waals surface area (Å²) >= 11 is 0. The van der Waals surface area contributed by atoms with Gasteiger partial charge in [0.15, 0.2) is 0 Å². The van der Waals surface area contributed by atoms with Gasteiger partial charge in [0.2, 0.25) is 10.0 Å². The summed E-state index contributed by atoms with van der Waals surface area (Å²) in [5, 5.41) is 3.15. The van der Waals surface area contributed by atoms with Crippen molar-refractivity contribution in [3.8, 4) is 0 Å². The molecule has 0 aromatic heterocycles. The summed E-state index contributed by atoms with van der Waals surface area (Å²) in [6.07, 6.45) is 1.05. The quantitative estimate of drug-likeness (QED) is 0.752. The molecule has 6 heteroatoms. The number of nitrogens with one attached hydrogen (secondary N) is 2. The first-order chi connectivity index (χ1) is 8.08. The molecule has 1 aromatic carbocycles. The first-order valence-electron chi connectivity index (χ1n) is 5.84. The molecule has 0 aliphatic carbocycles. The van der Waals surface area contributed by atoms with E-state index in [1.807, 2.05) is 6.07 Å². The normalized spacial score (nSPS) is 11.0. The van der Waals surface area contributed by atoms with E-state index in [1.54, 1.807) is 25.1 Å². The van der Waals surface area contributed by atoms with Crippen molar-refractivity contribution in [3.05, 3.63) is 29.8 Å². The smallest absolute Gasteiger partial charge is 0.240 e. The fourth-order valence-corrected chi connectivity index (χ4v) is 2.79. The van der Waals surface area contributed by atoms with Crippen LogP contribution in [-0.2, 0) is 10.0 Å². The Morgan fingerprint density at radius 2 is 1.78 bits per heavy atom. The second-order valence-electron chi connectivity index (χ2n) is 3.91. The standard InChI is InChI=1S/C12H20N2O2S.ClH/c1-3-8-13-9-10-14-17(15,16)12-7-5-4-6-11(12)2;/h4-7,13-14H,3,8-10H2,1-2H3;1H. The maximum absolute atomic E-state index is 11.9. The minimum absolute atomic E-state index is 0. The molecule has 0 fully saturated rings. The molecule has 0 heterocycles. The predicted octanol–water partition coefficient (Wildman–Crippen LogP) is 1.69. The van der Waals surface area contributed by atoms with Crippen LogP contribution in [-0.4, -0.2) is 28.1 Å². The van der Waals surface area contributed by atoms with Crippen LogP contribution in [0.5, 0.6) is 0 Å². The van der Waals surface area contributed by atoms with Crippen molar-refractivity contribution in [2.45, 2.75) is 25.2 Å². The van der Waals surface area contributed by atoms with Gasteiger partial charge in [0.25, 0.3) is 0 Å². The van der Waals surface area contributed by atoms with Gasteiger partial charge in [0, 0.05) is 13.1 Å². The number of rotatable bonds is 7. The van der Waals surface area contributed by atoms with Crippen molar-refractivity contribution < 1.29 is 8.42 Å². The lowest BCUT2D eigenvalue weighted by molar-refractivity contribution is 0.575. The van der Waals surface area contributed by atoms with Crippen LogP contribution in [0.2, 0.25) is 0 Å². The summed E-state index contributed by atoms with van der Waals surface area (Å²) in [4.78, 5) is 0.357. The highest BCUT2D eigenvalue weighted by atomic mass is 35.5. The van der Waals surface area contributed by atoms with Gasteiger partial charge in [-0.25, -0.2) is 13.1 Å². The number of halogens is 1. The van der Waals surface area contributed by atoms with Crippen molar-refractivity contribution in [2.24, 2.45) is 0 Å². The maximum Gasteiger partial charge on any atom is 0.240 e. The zero-order valence-electron chi connectivity index (χ0n) is 10.8. The Morgan fingerprint density at radius 3 is 2.39 bits per heavy atom. The van der Waals surface area contributed by atoms with E-state index in [9.17, 15) is 8.42 Å². The molecule has 0 unspecified atom stereocenters. The van der Waals surface area contributed by atoms with E-state index < -0.39 is 10.0 Å². The van der Waals surface area contributed by atoms with Crippen LogP contribution in [0.25, 0.3) is 0 Å². The topological polar surface area (TPSA) is 58.2 Å². The van der Waals surface area contributed by atoms with Gasteiger partial charge in [0.05, 0.1) is 4.90 Å². The van der Waals surface area contributed by atoms with E-state index in [0.29, 0.717) is 18.0 Å². The lowest BCUT2D eigenvalue weighted by Crippen LogP contribution is -2.32. The molecule has 0 aliphatic heterocycles. The monoisotopic (exact) mass is 292 g/mol. The van der Waals surface area contributed by atoms with Gasteiger partial charge in [-0.1, -0.05) is 25.1 Å². The van der Waals surface area contributed by atoms with Crippen molar-refractivity contribution >= 4 is 22.4 Å². The Labute approximate surface area is 116 Å². The molecule has 1 aromatic rings. The van der Waals surface area contributed by atoms with Crippen molar-refractivity contribution in [3.63, 3.8) is 0 Å². The molecule has 0 bridgehead atoms. The highest BCUT2D eigenvalue weighted by Gasteiger charge is 2.14. The number of aryl methyl sites for hydroxylation is 1. The van der Waals surface area contributed by atoms with Crippen LogP contribution in [0, 0.1) is 6.92 Å². The molecule has 0 aliphatic rings. The SMILES string of the molecule is CCCNCCNS(=O)(=O)c1ccccc1C.Cl. The van der Waals surface area contributed by atoms with E-state index in [4.69, 9.17) is 0 Å². The Bertz CT molecular complexity index is 449. The Morgan fingerprint density at radius 1 is 1.11 bits per heavy atom. The Balaban J connectivity index is 0.00000289. The van der Waals surface area contributed by atoms with E-state index in [1.165, 1.54) is 0 Å². The molecule has 0 saturated heterocycles. The molecule has 1 rings (SSSR count). The van der Waals surface area contributed by atoms with Crippen LogP contribution < -0.4 is 10.0 Å². The highest BCUT2D eigenvalue weighted by Crippen LogP contribution is 2.13. The fourth-order valence-electron chi connectivity index (χ4n) is 1.51. The molecule has 104 valence electrons.